The fraction of sp³-hybridized carbons (Fsp3) is 0.625. The summed E-state index contributed by atoms with van der Waals surface area (Å²) >= 11 is 0. The van der Waals surface area contributed by atoms with Crippen molar-refractivity contribution in [2.24, 2.45) is 7.05 Å². The fourth-order valence-electron chi connectivity index (χ4n) is 1.10. The summed E-state index contributed by atoms with van der Waals surface area (Å²) in [6, 6.07) is 0. The lowest BCUT2D eigenvalue weighted by Gasteiger charge is -2.15. The van der Waals surface area contributed by atoms with Crippen LogP contribution >= 0.6 is 0 Å². The third-order valence-corrected chi connectivity index (χ3v) is 3.79. The molecule has 0 aliphatic rings. The first-order chi connectivity index (χ1) is 6.32. The van der Waals surface area contributed by atoms with E-state index in [1.54, 1.807) is 13.2 Å². The second-order valence-electron chi connectivity index (χ2n) is 3.43. The van der Waals surface area contributed by atoms with Crippen LogP contribution in [0, 0.1) is 0 Å². The van der Waals surface area contributed by atoms with Gasteiger partial charge in [-0.2, -0.15) is 5.10 Å². The van der Waals surface area contributed by atoms with Crippen molar-refractivity contribution in [3.63, 3.8) is 0 Å². The molecule has 0 amide bonds. The lowest BCUT2D eigenvalue weighted by atomic mass is 10.1. The summed E-state index contributed by atoms with van der Waals surface area (Å²) in [6.45, 7) is 1.48. The maximum atomic E-state index is 11.2. The standard InChI is InChI=1S/C8H14N2O3S/c1-6(14(3,12)13)8(11)7-4-9-10(2)5-7/h4-6,8,11H,1-3H3. The van der Waals surface area contributed by atoms with Gasteiger partial charge in [-0.25, -0.2) is 8.42 Å². The molecule has 0 saturated carbocycles. The number of hydrogen-bond donors (Lipinski definition) is 1. The fourth-order valence-corrected chi connectivity index (χ4v) is 1.72. The van der Waals surface area contributed by atoms with E-state index in [0.29, 0.717) is 5.56 Å². The monoisotopic (exact) mass is 218 g/mol. The van der Waals surface area contributed by atoms with Crippen LogP contribution in [0.5, 0.6) is 0 Å². The Labute approximate surface area is 83.3 Å². The van der Waals surface area contributed by atoms with Crippen molar-refractivity contribution in [3.8, 4) is 0 Å². The van der Waals surface area contributed by atoms with E-state index in [4.69, 9.17) is 0 Å². The zero-order valence-corrected chi connectivity index (χ0v) is 9.19. The molecule has 6 heteroatoms. The van der Waals surface area contributed by atoms with Gasteiger partial charge in [-0.1, -0.05) is 0 Å². The van der Waals surface area contributed by atoms with E-state index in [1.165, 1.54) is 17.8 Å². The molecule has 14 heavy (non-hydrogen) atoms. The molecule has 0 fully saturated rings. The highest BCUT2D eigenvalue weighted by molar-refractivity contribution is 7.91. The number of aliphatic hydroxyl groups is 1. The van der Waals surface area contributed by atoms with Gasteiger partial charge in [0.05, 0.1) is 17.6 Å². The van der Waals surface area contributed by atoms with Crippen LogP contribution in [0.25, 0.3) is 0 Å². The number of nitrogens with zero attached hydrogens (tertiary/aromatic N) is 2. The van der Waals surface area contributed by atoms with Crippen molar-refractivity contribution in [3.05, 3.63) is 18.0 Å². The van der Waals surface area contributed by atoms with Crippen molar-refractivity contribution < 1.29 is 13.5 Å². The number of aliphatic hydroxyl groups excluding tert-OH is 1. The Balaban J connectivity index is 2.91. The van der Waals surface area contributed by atoms with Crippen LogP contribution in [0.3, 0.4) is 0 Å². The van der Waals surface area contributed by atoms with Crippen molar-refractivity contribution in [2.45, 2.75) is 18.3 Å². The van der Waals surface area contributed by atoms with E-state index in [2.05, 4.69) is 5.10 Å². The smallest absolute Gasteiger partial charge is 0.152 e. The first kappa shape index (κ1) is 11.2. The Kier molecular flexibility index (Phi) is 2.96. The normalized spacial score (nSPS) is 16.6. The molecule has 0 spiro atoms. The van der Waals surface area contributed by atoms with Crippen molar-refractivity contribution in [1.29, 1.82) is 0 Å². The molecule has 1 rings (SSSR count). The Morgan fingerprint density at radius 2 is 2.14 bits per heavy atom. The van der Waals surface area contributed by atoms with E-state index >= 15 is 0 Å². The van der Waals surface area contributed by atoms with E-state index in [9.17, 15) is 13.5 Å². The van der Waals surface area contributed by atoms with Crippen LogP contribution < -0.4 is 0 Å². The first-order valence-corrected chi connectivity index (χ1v) is 6.13. The molecule has 0 bridgehead atoms. The highest BCUT2D eigenvalue weighted by Gasteiger charge is 2.26. The van der Waals surface area contributed by atoms with Crippen molar-refractivity contribution >= 4 is 9.84 Å². The molecular weight excluding hydrogens is 204 g/mol. The number of aryl methyl sites for hydroxylation is 1. The Morgan fingerprint density at radius 1 is 1.57 bits per heavy atom. The summed E-state index contributed by atoms with van der Waals surface area (Å²) in [5, 5.41) is 12.8. The van der Waals surface area contributed by atoms with E-state index < -0.39 is 21.2 Å². The molecule has 0 saturated heterocycles. The number of hydrogen-bond acceptors (Lipinski definition) is 4. The zero-order valence-electron chi connectivity index (χ0n) is 8.38. The highest BCUT2D eigenvalue weighted by Crippen LogP contribution is 2.20. The van der Waals surface area contributed by atoms with Gasteiger partial charge in [0, 0.05) is 25.1 Å². The van der Waals surface area contributed by atoms with Gasteiger partial charge in [0.25, 0.3) is 0 Å². The van der Waals surface area contributed by atoms with Gasteiger partial charge in [0.1, 0.15) is 0 Å². The van der Waals surface area contributed by atoms with Gasteiger partial charge in [0.15, 0.2) is 9.84 Å². The second kappa shape index (κ2) is 3.70. The number of sulfone groups is 1. The summed E-state index contributed by atoms with van der Waals surface area (Å²) in [7, 11) is -1.52. The molecule has 0 aromatic carbocycles. The van der Waals surface area contributed by atoms with E-state index in [0.717, 1.165) is 6.26 Å². The topological polar surface area (TPSA) is 72.2 Å². The Hall–Kier alpha value is -0.880. The molecular formula is C8H14N2O3S. The second-order valence-corrected chi connectivity index (χ2v) is 5.83. The summed E-state index contributed by atoms with van der Waals surface area (Å²) in [6.07, 6.45) is 3.16. The third-order valence-electron chi connectivity index (χ3n) is 2.19. The molecule has 1 heterocycles. The van der Waals surface area contributed by atoms with Gasteiger partial charge in [-0.15, -0.1) is 0 Å². The number of aromatic nitrogens is 2. The summed E-state index contributed by atoms with van der Waals surface area (Å²) in [5.74, 6) is 0. The molecule has 1 aromatic heterocycles. The van der Waals surface area contributed by atoms with Crippen LogP contribution in [0.2, 0.25) is 0 Å². The van der Waals surface area contributed by atoms with Crippen LogP contribution in [0.4, 0.5) is 0 Å². The minimum Gasteiger partial charge on any atom is -0.387 e. The van der Waals surface area contributed by atoms with E-state index in [1.807, 2.05) is 0 Å². The highest BCUT2D eigenvalue weighted by atomic mass is 32.2. The van der Waals surface area contributed by atoms with Gasteiger partial charge in [0.2, 0.25) is 0 Å². The molecule has 0 radical (unpaired) electrons. The van der Waals surface area contributed by atoms with E-state index in [-0.39, 0.29) is 0 Å². The molecule has 2 atom stereocenters. The van der Waals surface area contributed by atoms with Crippen molar-refractivity contribution in [1.82, 2.24) is 9.78 Å². The average molecular weight is 218 g/mol. The van der Waals surface area contributed by atoms with Crippen LogP contribution in [-0.4, -0.2) is 34.8 Å². The SMILES string of the molecule is CC(C(O)c1cnn(C)c1)S(C)(=O)=O. The minimum absolute atomic E-state index is 0.519. The largest absolute Gasteiger partial charge is 0.387 e. The molecule has 80 valence electrons. The summed E-state index contributed by atoms with van der Waals surface area (Å²) in [5.41, 5.74) is 0.519. The molecule has 0 aliphatic heterocycles. The minimum atomic E-state index is -3.23. The number of rotatable bonds is 3. The zero-order chi connectivity index (χ0) is 10.9. The van der Waals surface area contributed by atoms with Crippen LogP contribution in [0.15, 0.2) is 12.4 Å². The van der Waals surface area contributed by atoms with Gasteiger partial charge >= 0.3 is 0 Å². The van der Waals surface area contributed by atoms with Crippen LogP contribution in [0.1, 0.15) is 18.6 Å². The molecule has 1 aromatic rings. The first-order valence-electron chi connectivity index (χ1n) is 4.18. The lowest BCUT2D eigenvalue weighted by molar-refractivity contribution is 0.176. The lowest BCUT2D eigenvalue weighted by Crippen LogP contribution is -2.23. The quantitative estimate of drug-likeness (QED) is 0.768. The molecule has 5 nitrogen and oxygen atoms in total. The predicted octanol–water partition coefficient (Wildman–Crippen LogP) is -0.113. The van der Waals surface area contributed by atoms with Crippen LogP contribution in [-0.2, 0) is 16.9 Å². The molecule has 1 N–H and O–H groups in total. The Bertz CT molecular complexity index is 410. The maximum absolute atomic E-state index is 11.2. The predicted molar refractivity (Wildman–Crippen MR) is 52.5 cm³/mol. The van der Waals surface area contributed by atoms with Gasteiger partial charge in [-0.05, 0) is 6.92 Å². The molecule has 0 aliphatic carbocycles. The van der Waals surface area contributed by atoms with Crippen molar-refractivity contribution in [2.75, 3.05) is 6.26 Å². The summed E-state index contributed by atoms with van der Waals surface area (Å²) in [4.78, 5) is 0. The average Bonchev–Trinajstić information content (AvgIpc) is 2.47. The van der Waals surface area contributed by atoms with Gasteiger partial charge < -0.3 is 5.11 Å². The Morgan fingerprint density at radius 3 is 2.50 bits per heavy atom. The summed E-state index contributed by atoms with van der Waals surface area (Å²) < 4.78 is 23.9. The van der Waals surface area contributed by atoms with Gasteiger partial charge in [-0.3, -0.25) is 4.68 Å². The third kappa shape index (κ3) is 2.33. The molecule has 2 unspecified atom stereocenters. The maximum Gasteiger partial charge on any atom is 0.152 e.